The molecule has 3 N–H and O–H groups in total. The summed E-state index contributed by atoms with van der Waals surface area (Å²) in [6.45, 7) is 0. The summed E-state index contributed by atoms with van der Waals surface area (Å²) in [7, 11) is 0. The predicted molar refractivity (Wildman–Crippen MR) is 63.3 cm³/mol. The fourth-order valence-corrected chi connectivity index (χ4v) is 2.17. The quantitative estimate of drug-likeness (QED) is 0.352. The number of hydrogen-bond donors (Lipinski definition) is 2. The number of thioether (sulfide) groups is 1. The summed E-state index contributed by atoms with van der Waals surface area (Å²) in [6.07, 6.45) is 1.61. The van der Waals surface area contributed by atoms with Crippen LogP contribution < -0.4 is 5.73 Å². The highest BCUT2D eigenvalue weighted by atomic mass is 35.5. The van der Waals surface area contributed by atoms with Gasteiger partial charge in [0.2, 0.25) is 0 Å². The van der Waals surface area contributed by atoms with Crippen LogP contribution >= 0.6 is 23.4 Å². The predicted octanol–water partition coefficient (Wildman–Crippen LogP) is 3.15. The minimum atomic E-state index is 0.261. The summed E-state index contributed by atoms with van der Waals surface area (Å²) in [4.78, 5) is 1.17. The van der Waals surface area contributed by atoms with Crippen LogP contribution in [-0.4, -0.2) is 11.6 Å². The first kappa shape index (κ1) is 11.4. The number of nitrogens with one attached hydrogen (secondary N) is 1. The second-order valence-corrected chi connectivity index (χ2v) is 4.54. The first-order chi connectivity index (χ1) is 6.68. The highest BCUT2D eigenvalue weighted by molar-refractivity contribution is 7.99. The molecular weight excluding hydrogens is 216 g/mol. The molecule has 0 heterocycles. The monoisotopic (exact) mass is 228 g/mol. The van der Waals surface area contributed by atoms with Crippen LogP contribution in [0.3, 0.4) is 0 Å². The van der Waals surface area contributed by atoms with E-state index in [1.165, 1.54) is 4.90 Å². The average molecular weight is 229 g/mol. The first-order valence-electron chi connectivity index (χ1n) is 4.40. The van der Waals surface area contributed by atoms with Gasteiger partial charge in [-0.15, -0.1) is 11.8 Å². The zero-order valence-corrected chi connectivity index (χ0v) is 9.37. The number of amidine groups is 1. The van der Waals surface area contributed by atoms with E-state index in [9.17, 15) is 0 Å². The molecule has 1 aromatic carbocycles. The van der Waals surface area contributed by atoms with Crippen LogP contribution in [0.2, 0.25) is 5.02 Å². The molecule has 0 saturated carbocycles. The van der Waals surface area contributed by atoms with E-state index in [0.717, 1.165) is 17.2 Å². The first-order valence-corrected chi connectivity index (χ1v) is 5.76. The van der Waals surface area contributed by atoms with Gasteiger partial charge in [0.05, 0.1) is 5.84 Å². The number of halogens is 1. The van der Waals surface area contributed by atoms with Crippen molar-refractivity contribution in [1.82, 2.24) is 0 Å². The largest absolute Gasteiger partial charge is 0.388 e. The van der Waals surface area contributed by atoms with Crippen molar-refractivity contribution in [1.29, 1.82) is 5.41 Å². The Kier molecular flexibility index (Phi) is 4.84. The smallest absolute Gasteiger partial charge is 0.0905 e. The second kappa shape index (κ2) is 5.94. The van der Waals surface area contributed by atoms with Gasteiger partial charge < -0.3 is 5.73 Å². The molecule has 14 heavy (non-hydrogen) atoms. The van der Waals surface area contributed by atoms with Crippen molar-refractivity contribution >= 4 is 29.2 Å². The summed E-state index contributed by atoms with van der Waals surface area (Å²) in [5, 5.41) is 7.82. The Balaban J connectivity index is 2.28. The molecule has 0 aliphatic heterocycles. The molecule has 0 bridgehead atoms. The minimum Gasteiger partial charge on any atom is -0.388 e. The Hall–Kier alpha value is -0.670. The Morgan fingerprint density at radius 1 is 1.50 bits per heavy atom. The van der Waals surface area contributed by atoms with Gasteiger partial charge in [0.15, 0.2) is 0 Å². The van der Waals surface area contributed by atoms with Gasteiger partial charge in [-0.25, -0.2) is 0 Å². The third-order valence-electron chi connectivity index (χ3n) is 1.66. The molecule has 0 spiro atoms. The highest BCUT2D eigenvalue weighted by Crippen LogP contribution is 2.22. The standard InChI is InChI=1S/C10H13ClN2S/c11-8-3-1-4-9(7-8)14-6-2-5-10(12)13/h1,3-4,7H,2,5-6H2,(H3,12,13). The summed E-state index contributed by atoms with van der Waals surface area (Å²) in [6, 6.07) is 7.78. The van der Waals surface area contributed by atoms with Crippen molar-refractivity contribution in [2.75, 3.05) is 5.75 Å². The molecule has 2 nitrogen and oxygen atoms in total. The molecule has 1 rings (SSSR count). The fraction of sp³-hybridized carbons (Fsp3) is 0.300. The van der Waals surface area contributed by atoms with Crippen molar-refractivity contribution < 1.29 is 0 Å². The maximum Gasteiger partial charge on any atom is 0.0905 e. The van der Waals surface area contributed by atoms with Crippen LogP contribution in [0.1, 0.15) is 12.8 Å². The van der Waals surface area contributed by atoms with Gasteiger partial charge in [-0.1, -0.05) is 17.7 Å². The van der Waals surface area contributed by atoms with Gasteiger partial charge in [-0.2, -0.15) is 0 Å². The third-order valence-corrected chi connectivity index (χ3v) is 2.97. The van der Waals surface area contributed by atoms with Gasteiger partial charge in [-0.05, 0) is 30.4 Å². The molecule has 0 aliphatic carbocycles. The molecule has 0 atom stereocenters. The van der Waals surface area contributed by atoms with Crippen molar-refractivity contribution in [3.63, 3.8) is 0 Å². The fourth-order valence-electron chi connectivity index (χ4n) is 1.01. The number of benzene rings is 1. The van der Waals surface area contributed by atoms with Crippen molar-refractivity contribution in [2.45, 2.75) is 17.7 Å². The molecule has 0 radical (unpaired) electrons. The minimum absolute atomic E-state index is 0.261. The van der Waals surface area contributed by atoms with Crippen LogP contribution in [0.15, 0.2) is 29.2 Å². The average Bonchev–Trinajstić information content (AvgIpc) is 2.12. The van der Waals surface area contributed by atoms with E-state index in [1.807, 2.05) is 24.3 Å². The third kappa shape index (κ3) is 4.53. The Labute approximate surface area is 93.3 Å². The van der Waals surface area contributed by atoms with Crippen LogP contribution in [0.25, 0.3) is 0 Å². The van der Waals surface area contributed by atoms with Gasteiger partial charge in [0.25, 0.3) is 0 Å². The Bertz CT molecular complexity index is 315. The zero-order valence-electron chi connectivity index (χ0n) is 7.79. The summed E-state index contributed by atoms with van der Waals surface area (Å²) >= 11 is 7.58. The number of nitrogens with two attached hydrogens (primary N) is 1. The number of rotatable bonds is 5. The molecule has 0 fully saturated rings. The lowest BCUT2D eigenvalue weighted by molar-refractivity contribution is 0.988. The molecule has 1 aromatic rings. The van der Waals surface area contributed by atoms with E-state index in [2.05, 4.69) is 0 Å². The van der Waals surface area contributed by atoms with Crippen molar-refractivity contribution in [2.24, 2.45) is 5.73 Å². The van der Waals surface area contributed by atoms with Gasteiger partial charge in [0.1, 0.15) is 0 Å². The molecule has 0 saturated heterocycles. The van der Waals surface area contributed by atoms with Crippen LogP contribution in [0.5, 0.6) is 0 Å². The van der Waals surface area contributed by atoms with Gasteiger partial charge in [0, 0.05) is 16.3 Å². The maximum atomic E-state index is 7.06. The second-order valence-electron chi connectivity index (χ2n) is 2.93. The van der Waals surface area contributed by atoms with E-state index >= 15 is 0 Å². The normalized spacial score (nSPS) is 10.1. The molecular formula is C10H13ClN2S. The lowest BCUT2D eigenvalue weighted by Gasteiger charge is -2.01. The topological polar surface area (TPSA) is 49.9 Å². The molecule has 0 aromatic heterocycles. The molecule has 76 valence electrons. The van der Waals surface area contributed by atoms with Gasteiger partial charge in [-0.3, -0.25) is 5.41 Å². The van der Waals surface area contributed by atoms with Gasteiger partial charge >= 0.3 is 0 Å². The zero-order chi connectivity index (χ0) is 10.4. The summed E-state index contributed by atoms with van der Waals surface area (Å²) in [5.41, 5.74) is 5.25. The Morgan fingerprint density at radius 3 is 2.93 bits per heavy atom. The van der Waals surface area contributed by atoms with Crippen LogP contribution in [0.4, 0.5) is 0 Å². The van der Waals surface area contributed by atoms with Crippen LogP contribution in [0, 0.1) is 5.41 Å². The van der Waals surface area contributed by atoms with E-state index in [0.29, 0.717) is 6.42 Å². The molecule has 0 aliphatic rings. The SMILES string of the molecule is N=C(N)CCCSc1cccc(Cl)c1. The van der Waals surface area contributed by atoms with Crippen molar-refractivity contribution in [3.8, 4) is 0 Å². The highest BCUT2D eigenvalue weighted by Gasteiger charge is 1.96. The van der Waals surface area contributed by atoms with E-state index in [1.54, 1.807) is 11.8 Å². The van der Waals surface area contributed by atoms with E-state index < -0.39 is 0 Å². The molecule has 4 heteroatoms. The maximum absolute atomic E-state index is 7.06. The Morgan fingerprint density at radius 2 is 2.29 bits per heavy atom. The number of hydrogen-bond acceptors (Lipinski definition) is 2. The molecule has 0 unspecified atom stereocenters. The lowest BCUT2D eigenvalue weighted by Crippen LogP contribution is -2.08. The van der Waals surface area contributed by atoms with Crippen molar-refractivity contribution in [3.05, 3.63) is 29.3 Å². The van der Waals surface area contributed by atoms with E-state index in [-0.39, 0.29) is 5.84 Å². The van der Waals surface area contributed by atoms with Crippen LogP contribution in [-0.2, 0) is 0 Å². The van der Waals surface area contributed by atoms with E-state index in [4.69, 9.17) is 22.7 Å². The summed E-state index contributed by atoms with van der Waals surface area (Å²) < 4.78 is 0. The lowest BCUT2D eigenvalue weighted by atomic mass is 10.3. The summed E-state index contributed by atoms with van der Waals surface area (Å²) in [5.74, 6) is 1.23. The molecule has 0 amide bonds.